The van der Waals surface area contributed by atoms with Gasteiger partial charge < -0.3 is 45.0 Å². The number of carbonyl (C=O) groups is 3. The SMILES string of the molecule is O=C([O-])[O-].O=C([O-])[O-].O=C([O-])[O-].[Cu+2].[Fe+2].[Mg+2]. The van der Waals surface area contributed by atoms with Crippen molar-refractivity contribution in [3.8, 4) is 0 Å². The van der Waals surface area contributed by atoms with E-state index in [0.717, 1.165) is 0 Å². The maximum Gasteiger partial charge on any atom is 2.00 e. The molecule has 0 amide bonds. The summed E-state index contributed by atoms with van der Waals surface area (Å²) >= 11 is 0. The van der Waals surface area contributed by atoms with E-state index < -0.39 is 18.5 Å². The zero-order chi connectivity index (χ0) is 10.7. The second-order valence-corrected chi connectivity index (χ2v) is 0.750. The summed E-state index contributed by atoms with van der Waals surface area (Å²) in [4.78, 5) is 25.0. The van der Waals surface area contributed by atoms with Gasteiger partial charge in [-0.05, 0) is 18.5 Å². The second-order valence-electron chi connectivity index (χ2n) is 0.750. The zero-order valence-corrected chi connectivity index (χ0v) is 10.00. The molecule has 0 atom stereocenters. The van der Waals surface area contributed by atoms with Crippen LogP contribution in [-0.4, -0.2) is 41.5 Å². The second kappa shape index (κ2) is 29.2. The van der Waals surface area contributed by atoms with Crippen molar-refractivity contribution in [3.05, 3.63) is 0 Å². The molecule has 0 aliphatic rings. The van der Waals surface area contributed by atoms with E-state index in [4.69, 9.17) is 45.0 Å². The van der Waals surface area contributed by atoms with E-state index in [0.29, 0.717) is 0 Å². The molecule has 0 rings (SSSR count). The molecule has 0 aromatic rings. The van der Waals surface area contributed by atoms with Gasteiger partial charge in [-0.15, -0.1) is 0 Å². The number of carbonyl (C=O) groups excluding carboxylic acids is 3. The van der Waals surface area contributed by atoms with Crippen LogP contribution in [-0.2, 0) is 34.1 Å². The summed E-state index contributed by atoms with van der Waals surface area (Å²) < 4.78 is 0. The van der Waals surface area contributed by atoms with Crippen molar-refractivity contribution in [1.82, 2.24) is 0 Å². The monoisotopic (exact) mass is 323 g/mol. The third kappa shape index (κ3) is 12400. The van der Waals surface area contributed by atoms with Gasteiger partial charge in [-0.3, -0.25) is 0 Å². The van der Waals surface area contributed by atoms with E-state index in [1.54, 1.807) is 0 Å². The van der Waals surface area contributed by atoms with Gasteiger partial charge in [-0.25, -0.2) is 0 Å². The van der Waals surface area contributed by atoms with Crippen LogP contribution in [0, 0.1) is 0 Å². The molecular formula is C3CuFeMgO9. The minimum Gasteiger partial charge on any atom is -0.652 e. The van der Waals surface area contributed by atoms with Crippen LogP contribution in [0.25, 0.3) is 0 Å². The first-order chi connectivity index (χ1) is 5.20. The van der Waals surface area contributed by atoms with Gasteiger partial charge in [0.15, 0.2) is 0 Å². The molecule has 15 heavy (non-hydrogen) atoms. The van der Waals surface area contributed by atoms with Crippen molar-refractivity contribution in [3.63, 3.8) is 0 Å². The van der Waals surface area contributed by atoms with Crippen LogP contribution in [0.2, 0.25) is 0 Å². The maximum atomic E-state index is 8.33. The normalized spacial score (nSPS) is 4.80. The van der Waals surface area contributed by atoms with Crippen molar-refractivity contribution in [2.24, 2.45) is 0 Å². The molecule has 0 spiro atoms. The average Bonchev–Trinajstić information content (AvgIpc) is 1.54. The molecule has 0 saturated carbocycles. The topological polar surface area (TPSA) is 190 Å². The van der Waals surface area contributed by atoms with Gasteiger partial charge in [0.25, 0.3) is 0 Å². The Morgan fingerprint density at radius 2 is 0.600 bits per heavy atom. The molecule has 12 heteroatoms. The summed E-state index contributed by atoms with van der Waals surface area (Å²) in [5, 5.41) is 50.0. The number of hydrogen-bond donors (Lipinski definition) is 0. The molecule has 1 radical (unpaired) electrons. The van der Waals surface area contributed by atoms with Crippen LogP contribution in [0.15, 0.2) is 0 Å². The van der Waals surface area contributed by atoms with Crippen molar-refractivity contribution in [2.75, 3.05) is 0 Å². The third-order valence-corrected chi connectivity index (χ3v) is 0. The van der Waals surface area contributed by atoms with Crippen LogP contribution in [0.4, 0.5) is 14.4 Å². The quantitative estimate of drug-likeness (QED) is 0.389. The molecule has 0 heterocycles. The van der Waals surface area contributed by atoms with E-state index in [9.17, 15) is 0 Å². The Kier molecular flexibility index (Phi) is 71.0. The molecular weight excluding hydrogens is 324 g/mol. The first kappa shape index (κ1) is 36.5. The van der Waals surface area contributed by atoms with Gasteiger partial charge in [-0.1, -0.05) is 0 Å². The third-order valence-electron chi connectivity index (χ3n) is 0. The van der Waals surface area contributed by atoms with E-state index in [-0.39, 0.29) is 57.2 Å². The molecule has 0 saturated heterocycles. The Labute approximate surface area is 120 Å². The van der Waals surface area contributed by atoms with Crippen LogP contribution in [0.3, 0.4) is 0 Å². The van der Waals surface area contributed by atoms with Crippen molar-refractivity contribution in [2.45, 2.75) is 0 Å². The smallest absolute Gasteiger partial charge is 0.652 e. The van der Waals surface area contributed by atoms with Crippen molar-refractivity contribution < 1.29 is 79.2 Å². The fourth-order valence-corrected chi connectivity index (χ4v) is 0. The first-order valence-corrected chi connectivity index (χ1v) is 1.84. The maximum absolute atomic E-state index is 8.33. The molecule has 0 aromatic heterocycles. The van der Waals surface area contributed by atoms with Gasteiger partial charge in [0.1, 0.15) is 0 Å². The molecule has 9 nitrogen and oxygen atoms in total. The predicted octanol–water partition coefficient (Wildman–Crippen LogP) is -7.73. The van der Waals surface area contributed by atoms with Crippen LogP contribution >= 0.6 is 0 Å². The summed E-state index contributed by atoms with van der Waals surface area (Å²) in [6.07, 6.45) is -7.00. The Balaban J connectivity index is -0.0000000184. The minimum atomic E-state index is -2.33. The van der Waals surface area contributed by atoms with Gasteiger partial charge in [0.2, 0.25) is 0 Å². The van der Waals surface area contributed by atoms with Gasteiger partial charge in [0.05, 0.1) is 0 Å². The van der Waals surface area contributed by atoms with Gasteiger partial charge >= 0.3 is 57.2 Å². The summed E-state index contributed by atoms with van der Waals surface area (Å²) in [7, 11) is 0. The first-order valence-electron chi connectivity index (χ1n) is 1.84. The molecule has 0 N–H and O–H groups in total. The number of hydrogen-bond acceptors (Lipinski definition) is 9. The van der Waals surface area contributed by atoms with Crippen molar-refractivity contribution >= 4 is 41.5 Å². The Morgan fingerprint density at radius 1 is 0.600 bits per heavy atom. The molecule has 0 aliphatic carbocycles. The average molecular weight is 324 g/mol. The van der Waals surface area contributed by atoms with Crippen molar-refractivity contribution in [1.29, 1.82) is 0 Å². The van der Waals surface area contributed by atoms with E-state index >= 15 is 0 Å². The summed E-state index contributed by atoms with van der Waals surface area (Å²) in [6, 6.07) is 0. The molecule has 0 fully saturated rings. The molecule has 0 aliphatic heterocycles. The zero-order valence-electron chi connectivity index (χ0n) is 6.54. The Bertz CT molecular complexity index is 123. The van der Waals surface area contributed by atoms with E-state index in [1.165, 1.54) is 0 Å². The van der Waals surface area contributed by atoms with Crippen LogP contribution in [0.1, 0.15) is 0 Å². The number of rotatable bonds is 0. The van der Waals surface area contributed by atoms with Gasteiger partial charge in [0, 0.05) is 0 Å². The van der Waals surface area contributed by atoms with Crippen LogP contribution in [0.5, 0.6) is 0 Å². The minimum absolute atomic E-state index is 0. The van der Waals surface area contributed by atoms with Crippen LogP contribution < -0.4 is 30.6 Å². The predicted molar refractivity (Wildman–Crippen MR) is 21.9 cm³/mol. The molecule has 0 aromatic carbocycles. The Hall–Kier alpha value is -0.385. The van der Waals surface area contributed by atoms with E-state index in [1.807, 2.05) is 0 Å². The summed E-state index contributed by atoms with van der Waals surface area (Å²) in [5.41, 5.74) is 0. The van der Waals surface area contributed by atoms with Gasteiger partial charge in [-0.2, -0.15) is 0 Å². The molecule has 0 bridgehead atoms. The summed E-state index contributed by atoms with van der Waals surface area (Å²) in [5.74, 6) is 0. The Morgan fingerprint density at radius 3 is 0.600 bits per heavy atom. The standard InChI is InChI=1S/3CH2O3.Cu.Fe.Mg/c3*2-1(3)4;;;/h3*(H2,2,3,4);;;/q;;;3*+2/p-6. The fourth-order valence-electron chi connectivity index (χ4n) is 0. The molecule has 0 unspecified atom stereocenters. The summed E-state index contributed by atoms with van der Waals surface area (Å²) in [6.45, 7) is 0. The number of carboxylic acid groups (broad SMARTS) is 6. The van der Waals surface area contributed by atoms with E-state index in [2.05, 4.69) is 0 Å². The largest absolute Gasteiger partial charge is 2.00 e. The fraction of sp³-hybridized carbons (Fsp3) is 0. The molecule has 87 valence electrons.